The van der Waals surface area contributed by atoms with Crippen LogP contribution in [0.2, 0.25) is 0 Å². The molecule has 0 aliphatic heterocycles. The van der Waals surface area contributed by atoms with Crippen molar-refractivity contribution in [2.45, 2.75) is 6.18 Å². The highest BCUT2D eigenvalue weighted by Crippen LogP contribution is 2.32. The minimum Gasteiger partial charge on any atom is -0.349 e. The van der Waals surface area contributed by atoms with E-state index in [0.717, 1.165) is 12.1 Å². The predicted molar refractivity (Wildman–Crippen MR) is 88.4 cm³/mol. The molecule has 0 saturated heterocycles. The smallest absolute Gasteiger partial charge is 0.349 e. The van der Waals surface area contributed by atoms with Gasteiger partial charge in [-0.3, -0.25) is 9.59 Å². The normalized spacial score (nSPS) is 10.8. The van der Waals surface area contributed by atoms with E-state index in [4.69, 9.17) is 0 Å². The van der Waals surface area contributed by atoms with Crippen molar-refractivity contribution in [3.63, 3.8) is 0 Å². The van der Waals surface area contributed by atoms with Crippen LogP contribution in [-0.4, -0.2) is 18.4 Å². The van der Waals surface area contributed by atoms with Gasteiger partial charge in [-0.1, -0.05) is 30.3 Å². The van der Waals surface area contributed by atoms with Gasteiger partial charge in [0.15, 0.2) is 0 Å². The largest absolute Gasteiger partial charge is 0.417 e. The number of rotatable bonds is 5. The van der Waals surface area contributed by atoms with Gasteiger partial charge in [0.2, 0.25) is 0 Å². The first-order valence-electron chi connectivity index (χ1n) is 7.30. The molecule has 0 fully saturated rings. The molecule has 2 aromatic carbocycles. The summed E-state index contributed by atoms with van der Waals surface area (Å²) in [4.78, 5) is 24.4. The molecule has 0 saturated carbocycles. The molecule has 2 aromatic rings. The van der Waals surface area contributed by atoms with E-state index in [0.29, 0.717) is 0 Å². The first-order valence-corrected chi connectivity index (χ1v) is 7.30. The number of hydrogen-bond acceptors (Lipinski definition) is 2. The minimum absolute atomic E-state index is 0.117. The second kappa shape index (κ2) is 7.65. The molecule has 0 aromatic heterocycles. The summed E-state index contributed by atoms with van der Waals surface area (Å²) in [6.45, 7) is 3.70. The number of carbonyl (C=O) groups is 2. The van der Waals surface area contributed by atoms with Crippen LogP contribution in [0.4, 0.5) is 18.9 Å². The summed E-state index contributed by atoms with van der Waals surface area (Å²) in [5, 5.41) is 4.92. The van der Waals surface area contributed by atoms with Crippen LogP contribution in [0, 0.1) is 0 Å². The van der Waals surface area contributed by atoms with Gasteiger partial charge in [0.25, 0.3) is 11.8 Å². The number of nitrogens with one attached hydrogen (secondary N) is 2. The van der Waals surface area contributed by atoms with Gasteiger partial charge in [-0.05, 0) is 24.3 Å². The fraction of sp³-hybridized carbons (Fsp3) is 0.111. The van der Waals surface area contributed by atoms with Gasteiger partial charge >= 0.3 is 6.18 Å². The van der Waals surface area contributed by atoms with E-state index in [9.17, 15) is 22.8 Å². The summed E-state index contributed by atoms with van der Waals surface area (Å²) in [6, 6.07) is 10.5. The monoisotopic (exact) mass is 348 g/mol. The van der Waals surface area contributed by atoms with Gasteiger partial charge in [-0.2, -0.15) is 13.2 Å². The van der Waals surface area contributed by atoms with Crippen molar-refractivity contribution in [2.24, 2.45) is 0 Å². The van der Waals surface area contributed by atoms with E-state index >= 15 is 0 Å². The predicted octanol–water partition coefficient (Wildman–Crippen LogP) is 3.87. The van der Waals surface area contributed by atoms with Crippen molar-refractivity contribution in [1.29, 1.82) is 0 Å². The van der Waals surface area contributed by atoms with Gasteiger partial charge in [0.1, 0.15) is 0 Å². The van der Waals surface area contributed by atoms with Crippen molar-refractivity contribution in [2.75, 3.05) is 11.9 Å². The highest BCUT2D eigenvalue weighted by Gasteiger charge is 2.35. The van der Waals surface area contributed by atoms with Crippen molar-refractivity contribution in [3.8, 4) is 0 Å². The van der Waals surface area contributed by atoms with Gasteiger partial charge in [0, 0.05) is 6.54 Å². The van der Waals surface area contributed by atoms with Crippen LogP contribution in [-0.2, 0) is 6.18 Å². The minimum atomic E-state index is -4.66. The van der Waals surface area contributed by atoms with Gasteiger partial charge in [-0.15, -0.1) is 6.58 Å². The third-order valence-corrected chi connectivity index (χ3v) is 3.30. The van der Waals surface area contributed by atoms with Crippen molar-refractivity contribution in [3.05, 3.63) is 77.9 Å². The van der Waals surface area contributed by atoms with E-state index in [1.165, 1.54) is 30.3 Å². The van der Waals surface area contributed by atoms with Crippen molar-refractivity contribution >= 4 is 17.5 Å². The molecule has 4 nitrogen and oxygen atoms in total. The van der Waals surface area contributed by atoms with Gasteiger partial charge < -0.3 is 10.6 Å². The molecule has 0 aliphatic carbocycles. The number of carbonyl (C=O) groups excluding carboxylic acids is 2. The lowest BCUT2D eigenvalue weighted by molar-refractivity contribution is -0.137. The number of halogens is 3. The van der Waals surface area contributed by atoms with Crippen molar-refractivity contribution in [1.82, 2.24) is 5.32 Å². The molecule has 0 unspecified atom stereocenters. The Morgan fingerprint density at radius 1 is 0.960 bits per heavy atom. The number of hydrogen-bond donors (Lipinski definition) is 2. The molecule has 0 aliphatic rings. The third-order valence-electron chi connectivity index (χ3n) is 3.30. The van der Waals surface area contributed by atoms with Gasteiger partial charge in [0.05, 0.1) is 22.4 Å². The van der Waals surface area contributed by atoms with E-state index in [1.54, 1.807) is 12.1 Å². The Morgan fingerprint density at radius 3 is 2.20 bits per heavy atom. The summed E-state index contributed by atoms with van der Waals surface area (Å²) in [6.07, 6.45) is -3.17. The summed E-state index contributed by atoms with van der Waals surface area (Å²) in [5.41, 5.74) is -1.30. The fourth-order valence-electron chi connectivity index (χ4n) is 2.17. The summed E-state index contributed by atoms with van der Waals surface area (Å²) >= 11 is 0. The van der Waals surface area contributed by atoms with Gasteiger partial charge in [-0.25, -0.2) is 0 Å². The molecular weight excluding hydrogens is 333 g/mol. The highest BCUT2D eigenvalue weighted by atomic mass is 19.4. The molecule has 2 amide bonds. The molecule has 130 valence electrons. The summed E-state index contributed by atoms with van der Waals surface area (Å²) in [7, 11) is 0. The quantitative estimate of drug-likeness (QED) is 0.806. The maximum absolute atomic E-state index is 13.0. The number of alkyl halides is 3. The van der Waals surface area contributed by atoms with E-state index in [2.05, 4.69) is 17.2 Å². The van der Waals surface area contributed by atoms with Crippen LogP contribution in [0.1, 0.15) is 26.3 Å². The van der Waals surface area contributed by atoms with Crippen molar-refractivity contribution < 1.29 is 22.8 Å². The maximum atomic E-state index is 13.0. The average Bonchev–Trinajstić information content (AvgIpc) is 2.59. The van der Waals surface area contributed by atoms with E-state index < -0.39 is 29.1 Å². The number of anilines is 1. The Labute approximate surface area is 142 Å². The van der Waals surface area contributed by atoms with Crippen LogP contribution >= 0.6 is 0 Å². The molecule has 0 spiro atoms. The zero-order valence-electron chi connectivity index (χ0n) is 13.1. The second-order valence-corrected chi connectivity index (χ2v) is 5.04. The molecule has 0 atom stereocenters. The average molecular weight is 348 g/mol. The van der Waals surface area contributed by atoms with E-state index in [1.807, 2.05) is 0 Å². The Bertz CT molecular complexity index is 801. The molecule has 0 heterocycles. The lowest BCUT2D eigenvalue weighted by Gasteiger charge is -2.14. The lowest BCUT2D eigenvalue weighted by Crippen LogP contribution is -2.25. The standard InChI is InChI=1S/C18H15F3N2O2/c1-2-11-22-16(24)13-8-4-6-10-15(13)23-17(25)12-7-3-5-9-14(12)18(19,20)21/h2-10H,1,11H2,(H,22,24)(H,23,25). The van der Waals surface area contributed by atoms with Crippen LogP contribution in [0.25, 0.3) is 0 Å². The lowest BCUT2D eigenvalue weighted by atomic mass is 10.1. The summed E-state index contributed by atoms with van der Waals surface area (Å²) < 4.78 is 39.1. The fourth-order valence-corrected chi connectivity index (χ4v) is 2.17. The topological polar surface area (TPSA) is 58.2 Å². The zero-order valence-corrected chi connectivity index (χ0v) is 13.1. The molecular formula is C18H15F3N2O2. The second-order valence-electron chi connectivity index (χ2n) is 5.04. The first-order chi connectivity index (χ1) is 11.8. The van der Waals surface area contributed by atoms with E-state index in [-0.39, 0.29) is 17.8 Å². The molecule has 7 heteroatoms. The maximum Gasteiger partial charge on any atom is 0.417 e. The molecule has 2 N–H and O–H groups in total. The Hall–Kier alpha value is -3.09. The van der Waals surface area contributed by atoms with Crippen LogP contribution in [0.5, 0.6) is 0 Å². The zero-order chi connectivity index (χ0) is 18.4. The molecule has 2 rings (SSSR count). The first kappa shape index (κ1) is 18.3. The Morgan fingerprint density at radius 2 is 1.56 bits per heavy atom. The number of amides is 2. The van der Waals surface area contributed by atoms with Crippen LogP contribution in [0.15, 0.2) is 61.2 Å². The molecule has 0 radical (unpaired) electrons. The number of para-hydroxylation sites is 1. The molecule has 25 heavy (non-hydrogen) atoms. The highest BCUT2D eigenvalue weighted by molar-refractivity contribution is 6.09. The van der Waals surface area contributed by atoms with Crippen LogP contribution < -0.4 is 10.6 Å². The third kappa shape index (κ3) is 4.47. The Kier molecular flexibility index (Phi) is 5.59. The Balaban J connectivity index is 2.31. The van der Waals surface area contributed by atoms with Crippen LogP contribution in [0.3, 0.4) is 0 Å². The number of benzene rings is 2. The summed E-state index contributed by atoms with van der Waals surface area (Å²) in [5.74, 6) is -1.42. The SMILES string of the molecule is C=CCNC(=O)c1ccccc1NC(=O)c1ccccc1C(F)(F)F. The molecule has 0 bridgehead atoms.